The number of aliphatic hydroxyl groups is 1. The van der Waals surface area contributed by atoms with Crippen LogP contribution in [-0.4, -0.2) is 53.9 Å². The third kappa shape index (κ3) is 4.66. The molecule has 1 amide bonds. The molecule has 2 N–H and O–H groups in total. The molecule has 2 aliphatic carbocycles. The molecule has 1 unspecified atom stereocenters. The molecule has 0 spiro atoms. The average Bonchev–Trinajstić information content (AvgIpc) is 3.57. The third-order valence-corrected chi connectivity index (χ3v) is 8.14. The second-order valence-electron chi connectivity index (χ2n) is 10.4. The summed E-state index contributed by atoms with van der Waals surface area (Å²) in [5, 5.41) is 15.0. The molecule has 2 heterocycles. The Morgan fingerprint density at radius 3 is 2.58 bits per heavy atom. The first-order valence-corrected chi connectivity index (χ1v) is 12.3. The molecule has 5 rings (SSSR count). The van der Waals surface area contributed by atoms with E-state index in [0.29, 0.717) is 37.4 Å². The number of aliphatic hydroxyl groups excluding tert-OH is 1. The van der Waals surface area contributed by atoms with E-state index in [0.717, 1.165) is 56.9 Å². The highest BCUT2D eigenvalue weighted by Crippen LogP contribution is 2.51. The highest BCUT2D eigenvalue weighted by molar-refractivity contribution is 5.84. The van der Waals surface area contributed by atoms with Gasteiger partial charge >= 0.3 is 6.18 Å². The Labute approximate surface area is 192 Å². The van der Waals surface area contributed by atoms with Crippen molar-refractivity contribution in [2.75, 3.05) is 19.8 Å². The van der Waals surface area contributed by atoms with Gasteiger partial charge in [-0.05, 0) is 80.5 Å². The number of benzene rings is 1. The second kappa shape index (κ2) is 8.86. The van der Waals surface area contributed by atoms with E-state index in [-0.39, 0.29) is 24.4 Å². The largest absolute Gasteiger partial charge is 0.416 e. The van der Waals surface area contributed by atoms with Gasteiger partial charge in [-0.25, -0.2) is 0 Å². The van der Waals surface area contributed by atoms with Gasteiger partial charge in [-0.2, -0.15) is 13.2 Å². The summed E-state index contributed by atoms with van der Waals surface area (Å²) < 4.78 is 45.1. The lowest BCUT2D eigenvalue weighted by Gasteiger charge is -2.40. The topological polar surface area (TPSA) is 61.8 Å². The lowest BCUT2D eigenvalue weighted by Crippen LogP contribution is -2.52. The van der Waals surface area contributed by atoms with E-state index in [4.69, 9.17) is 4.74 Å². The minimum atomic E-state index is -4.40. The molecule has 2 aliphatic heterocycles. The first-order valence-electron chi connectivity index (χ1n) is 12.3. The summed E-state index contributed by atoms with van der Waals surface area (Å²) in [4.78, 5) is 15.6. The first-order chi connectivity index (χ1) is 15.8. The molecule has 33 heavy (non-hydrogen) atoms. The number of hydrogen-bond donors (Lipinski definition) is 2. The van der Waals surface area contributed by atoms with Gasteiger partial charge in [0.1, 0.15) is 0 Å². The maximum absolute atomic E-state index is 13.9. The number of alkyl halides is 3. The Balaban J connectivity index is 1.34. The molecular weight excluding hydrogens is 433 g/mol. The van der Waals surface area contributed by atoms with Crippen molar-refractivity contribution in [2.24, 2.45) is 11.3 Å². The summed E-state index contributed by atoms with van der Waals surface area (Å²) in [7, 11) is 0. The van der Waals surface area contributed by atoms with Crippen molar-refractivity contribution in [3.8, 4) is 0 Å². The van der Waals surface area contributed by atoms with E-state index >= 15 is 0 Å². The summed E-state index contributed by atoms with van der Waals surface area (Å²) in [6.07, 6.45) is 1.27. The Kier molecular flexibility index (Phi) is 6.20. The van der Waals surface area contributed by atoms with Crippen LogP contribution in [-0.2, 0) is 28.7 Å². The Morgan fingerprint density at radius 2 is 1.88 bits per heavy atom. The maximum atomic E-state index is 13.9. The summed E-state index contributed by atoms with van der Waals surface area (Å²) in [5.41, 5.74) is -0.0853. The Morgan fingerprint density at radius 1 is 1.12 bits per heavy atom. The van der Waals surface area contributed by atoms with E-state index in [1.807, 2.05) is 0 Å². The fraction of sp³-hybridized carbons (Fsp3) is 0.720. The van der Waals surface area contributed by atoms with Crippen molar-refractivity contribution in [3.05, 3.63) is 34.9 Å². The van der Waals surface area contributed by atoms with Gasteiger partial charge in [0.15, 0.2) is 0 Å². The summed E-state index contributed by atoms with van der Waals surface area (Å²) in [6.45, 7) is 2.14. The van der Waals surface area contributed by atoms with Crippen molar-refractivity contribution < 1.29 is 27.8 Å². The zero-order valence-corrected chi connectivity index (χ0v) is 18.9. The number of nitrogens with one attached hydrogen (secondary N) is 1. The number of nitrogens with zero attached hydrogens (tertiary/aromatic N) is 1. The van der Waals surface area contributed by atoms with Crippen LogP contribution in [0.15, 0.2) is 18.2 Å². The molecule has 8 heteroatoms. The predicted octanol–water partition coefficient (Wildman–Crippen LogP) is 3.67. The van der Waals surface area contributed by atoms with Gasteiger partial charge in [0, 0.05) is 38.4 Å². The van der Waals surface area contributed by atoms with Gasteiger partial charge in [0.05, 0.1) is 17.1 Å². The normalized spacial score (nSPS) is 29.7. The number of fused-ring (bicyclic) bond motifs is 1. The van der Waals surface area contributed by atoms with Crippen molar-refractivity contribution in [1.82, 2.24) is 10.2 Å². The summed E-state index contributed by atoms with van der Waals surface area (Å²) >= 11 is 0. The zero-order valence-electron chi connectivity index (χ0n) is 18.9. The summed E-state index contributed by atoms with van der Waals surface area (Å²) in [5.74, 6) is 0.0749. The summed E-state index contributed by atoms with van der Waals surface area (Å²) in [6, 6.07) is 4.38. The van der Waals surface area contributed by atoms with Crippen molar-refractivity contribution >= 4 is 5.91 Å². The molecule has 5 nitrogen and oxygen atoms in total. The monoisotopic (exact) mass is 466 g/mol. The van der Waals surface area contributed by atoms with Crippen molar-refractivity contribution in [2.45, 2.75) is 82.3 Å². The number of amides is 1. The molecule has 0 radical (unpaired) electrons. The number of halogens is 3. The van der Waals surface area contributed by atoms with Gasteiger partial charge in [-0.1, -0.05) is 6.07 Å². The molecule has 182 valence electrons. The highest BCUT2D eigenvalue weighted by atomic mass is 19.4. The molecule has 2 saturated carbocycles. The van der Waals surface area contributed by atoms with E-state index in [9.17, 15) is 23.1 Å². The van der Waals surface area contributed by atoms with Crippen LogP contribution in [0.25, 0.3) is 0 Å². The van der Waals surface area contributed by atoms with Crippen LogP contribution >= 0.6 is 0 Å². The second-order valence-corrected chi connectivity index (χ2v) is 10.4. The SMILES string of the molecule is O=C(N1CCc2ccc(C(F)(F)F)cc2C1)[C@@]1(C(O)C2CC2)CC[C@@H](NC2CCOCC2)C1. The highest BCUT2D eigenvalue weighted by Gasteiger charge is 2.56. The maximum Gasteiger partial charge on any atom is 0.416 e. The van der Waals surface area contributed by atoms with Crippen LogP contribution in [0.5, 0.6) is 0 Å². The molecule has 1 aromatic carbocycles. The number of hydrogen-bond acceptors (Lipinski definition) is 4. The van der Waals surface area contributed by atoms with E-state index < -0.39 is 23.3 Å². The number of rotatable bonds is 5. The van der Waals surface area contributed by atoms with Crippen molar-refractivity contribution in [1.29, 1.82) is 0 Å². The van der Waals surface area contributed by atoms with Crippen LogP contribution in [0, 0.1) is 11.3 Å². The third-order valence-electron chi connectivity index (χ3n) is 8.14. The quantitative estimate of drug-likeness (QED) is 0.695. The lowest BCUT2D eigenvalue weighted by molar-refractivity contribution is -0.151. The molecule has 1 saturated heterocycles. The molecule has 3 fully saturated rings. The van der Waals surface area contributed by atoms with Crippen LogP contribution < -0.4 is 5.32 Å². The van der Waals surface area contributed by atoms with E-state index in [1.165, 1.54) is 12.1 Å². The Bertz CT molecular complexity index is 882. The minimum Gasteiger partial charge on any atom is -0.392 e. The number of carbonyl (C=O) groups excluding carboxylic acids is 1. The Hall–Kier alpha value is -1.64. The zero-order chi connectivity index (χ0) is 23.2. The molecule has 0 aromatic heterocycles. The minimum absolute atomic E-state index is 0.0822. The predicted molar refractivity (Wildman–Crippen MR) is 116 cm³/mol. The van der Waals surface area contributed by atoms with Crippen LogP contribution in [0.4, 0.5) is 13.2 Å². The van der Waals surface area contributed by atoms with Gasteiger partial charge in [-0.15, -0.1) is 0 Å². The lowest BCUT2D eigenvalue weighted by atomic mass is 9.76. The smallest absolute Gasteiger partial charge is 0.392 e. The van der Waals surface area contributed by atoms with Gasteiger partial charge in [0.25, 0.3) is 0 Å². The van der Waals surface area contributed by atoms with Crippen LogP contribution in [0.2, 0.25) is 0 Å². The van der Waals surface area contributed by atoms with Gasteiger partial charge in [0.2, 0.25) is 5.91 Å². The molecule has 1 aromatic rings. The average molecular weight is 467 g/mol. The molecule has 0 bridgehead atoms. The standard InChI is InChI=1S/C25H33F3N2O3/c26-25(27,28)19-4-3-16-6-10-30(15-18(16)13-19)23(32)24(22(31)17-1-2-17)9-5-21(14-24)29-20-7-11-33-12-8-20/h3-4,13,17,20-22,29,31H,1-2,5-12,14-15H2/t21-,22?,24+/m1/s1. The molecular formula is C25H33F3N2O3. The van der Waals surface area contributed by atoms with Crippen LogP contribution in [0.3, 0.4) is 0 Å². The fourth-order valence-corrected chi connectivity index (χ4v) is 6.09. The van der Waals surface area contributed by atoms with Crippen LogP contribution in [0.1, 0.15) is 61.6 Å². The van der Waals surface area contributed by atoms with Gasteiger partial charge in [-0.3, -0.25) is 4.79 Å². The number of carbonyl (C=O) groups is 1. The molecule has 3 atom stereocenters. The van der Waals surface area contributed by atoms with E-state index in [1.54, 1.807) is 4.90 Å². The van der Waals surface area contributed by atoms with Gasteiger partial charge < -0.3 is 20.1 Å². The fourth-order valence-electron chi connectivity index (χ4n) is 6.09. The molecule has 4 aliphatic rings. The first kappa shape index (κ1) is 23.1. The van der Waals surface area contributed by atoms with Crippen molar-refractivity contribution in [3.63, 3.8) is 0 Å². The number of ether oxygens (including phenoxy) is 1. The van der Waals surface area contributed by atoms with E-state index in [2.05, 4.69) is 5.32 Å².